The number of Topliss-reactive ketones (excluding diaryl/α,β-unsaturated/α-hetero) is 1. The molecule has 0 N–H and O–H groups in total. The monoisotopic (exact) mass is 240 g/mol. The van der Waals surface area contributed by atoms with E-state index in [0.717, 1.165) is 32.9 Å². The average Bonchev–Trinajstić information content (AvgIpc) is 2.03. The maximum Gasteiger partial charge on any atom is 0.133 e. The predicted molar refractivity (Wildman–Crippen MR) is 66.5 cm³/mol. The molecule has 4 unspecified atom stereocenters. The highest BCUT2D eigenvalue weighted by Crippen LogP contribution is 2.71. The molecule has 0 spiro atoms. The van der Waals surface area contributed by atoms with E-state index < -0.39 is 0 Å². The zero-order chi connectivity index (χ0) is 9.14. The molecule has 6 atom stereocenters. The summed E-state index contributed by atoms with van der Waals surface area (Å²) in [4.78, 5) is 11.1. The predicted octanol–water partition coefficient (Wildman–Crippen LogP) is 3.40. The van der Waals surface area contributed by atoms with Gasteiger partial charge in [0.2, 0.25) is 0 Å². The third-order valence-corrected chi connectivity index (χ3v) is 14.0. The first-order chi connectivity index (χ1) is 5.65. The van der Waals surface area contributed by atoms with Crippen molar-refractivity contribution in [2.45, 2.75) is 31.8 Å². The Morgan fingerprint density at radius 3 is 2.83 bits per heavy atom. The molecule has 1 saturated carbocycles. The summed E-state index contributed by atoms with van der Waals surface area (Å²) in [5.41, 5.74) is 0.818. The van der Waals surface area contributed by atoms with Gasteiger partial charge in [-0.1, -0.05) is 22.2 Å². The van der Waals surface area contributed by atoms with Crippen LogP contribution in [0, 0.1) is 5.92 Å². The van der Waals surface area contributed by atoms with Gasteiger partial charge in [-0.2, -0.15) is 0 Å². The molecule has 0 aliphatic heterocycles. The molecular formula is C7H16OP4. The van der Waals surface area contributed by atoms with Gasteiger partial charge in [-0.15, -0.1) is 17.9 Å². The first-order valence-corrected chi connectivity index (χ1v) is 10.8. The molecule has 1 rings (SSSR count). The molecule has 0 saturated heterocycles. The Morgan fingerprint density at radius 2 is 2.33 bits per heavy atom. The summed E-state index contributed by atoms with van der Waals surface area (Å²) in [5.74, 6) is 1.10. The molecule has 1 fully saturated rings. The van der Waals surface area contributed by atoms with Crippen LogP contribution in [0.4, 0.5) is 0 Å². The van der Waals surface area contributed by atoms with Crippen molar-refractivity contribution in [3.05, 3.63) is 0 Å². The summed E-state index contributed by atoms with van der Waals surface area (Å²) >= 11 is 0. The van der Waals surface area contributed by atoms with Crippen molar-refractivity contribution >= 4 is 38.9 Å². The fourth-order valence-corrected chi connectivity index (χ4v) is 7.73. The average molecular weight is 240 g/mol. The third kappa shape index (κ3) is 2.96. The van der Waals surface area contributed by atoms with Crippen LogP contribution >= 0.6 is 33.1 Å². The lowest BCUT2D eigenvalue weighted by atomic mass is 9.89. The minimum absolute atomic E-state index is 0.100. The van der Waals surface area contributed by atoms with Crippen molar-refractivity contribution in [2.75, 3.05) is 0 Å². The van der Waals surface area contributed by atoms with E-state index in [4.69, 9.17) is 0 Å². The largest absolute Gasteiger partial charge is 0.300 e. The van der Waals surface area contributed by atoms with Crippen LogP contribution in [-0.4, -0.2) is 11.4 Å². The third-order valence-electron chi connectivity index (χ3n) is 2.43. The van der Waals surface area contributed by atoms with Crippen LogP contribution in [0.15, 0.2) is 0 Å². The highest BCUT2D eigenvalue weighted by Gasteiger charge is 2.29. The molecule has 70 valence electrons. The summed E-state index contributed by atoms with van der Waals surface area (Å²) in [6, 6.07) is 0. The van der Waals surface area contributed by atoms with Crippen molar-refractivity contribution in [3.8, 4) is 0 Å². The molecular weight excluding hydrogens is 224 g/mol. The molecule has 1 aliphatic carbocycles. The lowest BCUT2D eigenvalue weighted by molar-refractivity contribution is -0.121. The van der Waals surface area contributed by atoms with Crippen LogP contribution in [0.5, 0.6) is 0 Å². The quantitative estimate of drug-likeness (QED) is 0.676. The minimum atomic E-state index is 0.100. The van der Waals surface area contributed by atoms with E-state index in [1.165, 1.54) is 0 Å². The van der Waals surface area contributed by atoms with Gasteiger partial charge < -0.3 is 0 Å². The number of hydrogen-bond donors (Lipinski definition) is 0. The maximum absolute atomic E-state index is 11.1. The van der Waals surface area contributed by atoms with E-state index in [1.54, 1.807) is 0 Å². The summed E-state index contributed by atoms with van der Waals surface area (Å²) in [7, 11) is 6.90. The molecule has 12 heavy (non-hydrogen) atoms. The SMILES string of the molecule is C[C@H]1CC(=O)CC[C@H]1P(P)PP. The topological polar surface area (TPSA) is 17.1 Å². The number of rotatable bonds is 2. The Kier molecular flexibility index (Phi) is 5.08. The Bertz CT molecular complexity index is 173. The van der Waals surface area contributed by atoms with E-state index in [-0.39, 0.29) is 7.30 Å². The first kappa shape index (κ1) is 11.5. The van der Waals surface area contributed by atoms with Crippen molar-refractivity contribution < 1.29 is 4.79 Å². The molecule has 0 heterocycles. The Balaban J connectivity index is 2.50. The Hall–Kier alpha value is 1.39. The van der Waals surface area contributed by atoms with Gasteiger partial charge in [0.1, 0.15) is 5.78 Å². The fraction of sp³-hybridized carbons (Fsp3) is 0.857. The lowest BCUT2D eigenvalue weighted by Crippen LogP contribution is -2.24. The lowest BCUT2D eigenvalue weighted by Gasteiger charge is -2.32. The van der Waals surface area contributed by atoms with Gasteiger partial charge in [0, 0.05) is 12.8 Å². The van der Waals surface area contributed by atoms with E-state index in [1.807, 2.05) is 0 Å². The molecule has 0 amide bonds. The molecule has 1 aliphatic rings. The Morgan fingerprint density at radius 1 is 1.67 bits per heavy atom. The number of ketones is 1. The van der Waals surface area contributed by atoms with Crippen molar-refractivity contribution in [1.29, 1.82) is 0 Å². The second-order valence-corrected chi connectivity index (χ2v) is 13.0. The van der Waals surface area contributed by atoms with E-state index in [0.29, 0.717) is 11.7 Å². The van der Waals surface area contributed by atoms with Crippen LogP contribution in [0.1, 0.15) is 26.2 Å². The summed E-state index contributed by atoms with van der Waals surface area (Å²) < 4.78 is 0. The fourth-order valence-electron chi connectivity index (χ4n) is 1.70. The highest BCUT2D eigenvalue weighted by molar-refractivity contribution is 8.61. The molecule has 0 bridgehead atoms. The smallest absolute Gasteiger partial charge is 0.133 e. The Labute approximate surface area is 81.8 Å². The van der Waals surface area contributed by atoms with Gasteiger partial charge in [-0.3, -0.25) is 4.79 Å². The minimum Gasteiger partial charge on any atom is -0.300 e. The zero-order valence-electron chi connectivity index (χ0n) is 7.29. The highest BCUT2D eigenvalue weighted by atomic mass is 32.6. The van der Waals surface area contributed by atoms with Crippen LogP contribution in [0.2, 0.25) is 0 Å². The van der Waals surface area contributed by atoms with Crippen LogP contribution in [0.25, 0.3) is 0 Å². The van der Waals surface area contributed by atoms with Crippen LogP contribution in [-0.2, 0) is 4.79 Å². The van der Waals surface area contributed by atoms with Crippen molar-refractivity contribution in [2.24, 2.45) is 5.92 Å². The van der Waals surface area contributed by atoms with Crippen LogP contribution < -0.4 is 0 Å². The van der Waals surface area contributed by atoms with Gasteiger partial charge in [0.25, 0.3) is 0 Å². The molecule has 0 aromatic rings. The zero-order valence-corrected chi connectivity index (χ0v) is 11.5. The molecule has 0 aromatic carbocycles. The van der Waals surface area contributed by atoms with Crippen molar-refractivity contribution in [1.82, 2.24) is 0 Å². The normalized spacial score (nSPS) is 34.4. The number of carbonyl (C=O) groups excluding carboxylic acids is 1. The second kappa shape index (κ2) is 5.32. The van der Waals surface area contributed by atoms with E-state index in [9.17, 15) is 4.79 Å². The van der Waals surface area contributed by atoms with Gasteiger partial charge >= 0.3 is 0 Å². The molecule has 1 nitrogen and oxygen atoms in total. The van der Waals surface area contributed by atoms with Gasteiger partial charge in [-0.05, 0) is 18.0 Å². The maximum atomic E-state index is 11.1. The van der Waals surface area contributed by atoms with E-state index in [2.05, 4.69) is 24.8 Å². The van der Waals surface area contributed by atoms with Gasteiger partial charge in [0.15, 0.2) is 0 Å². The number of hydrogen-bond acceptors (Lipinski definition) is 1. The summed E-state index contributed by atoms with van der Waals surface area (Å²) in [6.45, 7) is 2.23. The second-order valence-electron chi connectivity index (χ2n) is 3.36. The first-order valence-electron chi connectivity index (χ1n) is 4.17. The molecule has 5 heteroatoms. The van der Waals surface area contributed by atoms with Crippen LogP contribution in [0.3, 0.4) is 0 Å². The van der Waals surface area contributed by atoms with Gasteiger partial charge in [-0.25, -0.2) is 0 Å². The molecule has 0 radical (unpaired) electrons. The standard InChI is InChI=1S/C7H16OP4/c1-5-4-6(8)2-3-7(5)12(10)11-9/h5,7,11H,2-4,9-10H2,1H3/t5-,7+,12?/m0/s1. The summed E-state index contributed by atoms with van der Waals surface area (Å²) in [6.07, 6.45) is 2.79. The summed E-state index contributed by atoms with van der Waals surface area (Å²) in [5, 5.41) is 0. The van der Waals surface area contributed by atoms with E-state index >= 15 is 0 Å². The van der Waals surface area contributed by atoms with Gasteiger partial charge in [0.05, 0.1) is 0 Å². The number of carbonyl (C=O) groups is 1. The molecule has 0 aromatic heterocycles. The van der Waals surface area contributed by atoms with Crippen molar-refractivity contribution in [3.63, 3.8) is 0 Å².